The van der Waals surface area contributed by atoms with Gasteiger partial charge in [-0.2, -0.15) is 0 Å². The number of carboxylic acids is 1. The molecule has 0 saturated heterocycles. The zero-order valence-corrected chi connectivity index (χ0v) is 12.4. The minimum Gasteiger partial charge on any atom is -0.497 e. The monoisotopic (exact) mass is 296 g/mol. The number of methoxy groups -OCH3 is 1. The van der Waals surface area contributed by atoms with Gasteiger partial charge in [-0.25, -0.2) is 4.98 Å². The van der Waals surface area contributed by atoms with Crippen molar-refractivity contribution in [2.75, 3.05) is 7.11 Å². The molecule has 0 aliphatic carbocycles. The number of fused-ring (bicyclic) bond motifs is 1. The summed E-state index contributed by atoms with van der Waals surface area (Å²) in [5, 5.41) is 9.21. The van der Waals surface area contributed by atoms with E-state index in [1.165, 1.54) is 0 Å². The third-order valence-corrected chi connectivity index (χ3v) is 3.54. The normalized spacial score (nSPS) is 10.8. The second kappa shape index (κ2) is 5.52. The molecule has 3 aromatic rings. The van der Waals surface area contributed by atoms with E-state index < -0.39 is 5.97 Å². The Morgan fingerprint density at radius 3 is 2.86 bits per heavy atom. The fourth-order valence-corrected chi connectivity index (χ4v) is 2.51. The van der Waals surface area contributed by atoms with Crippen LogP contribution < -0.4 is 4.74 Å². The van der Waals surface area contributed by atoms with Gasteiger partial charge in [0.25, 0.3) is 0 Å². The molecule has 0 amide bonds. The Morgan fingerprint density at radius 1 is 1.32 bits per heavy atom. The van der Waals surface area contributed by atoms with Crippen molar-refractivity contribution in [3.63, 3.8) is 0 Å². The number of imidazole rings is 1. The number of hydrogen-bond donors (Lipinski definition) is 1. The van der Waals surface area contributed by atoms with Crippen LogP contribution in [0.15, 0.2) is 42.6 Å². The van der Waals surface area contributed by atoms with Gasteiger partial charge < -0.3 is 14.2 Å². The van der Waals surface area contributed by atoms with E-state index in [1.54, 1.807) is 7.11 Å². The van der Waals surface area contributed by atoms with Crippen LogP contribution in [0.3, 0.4) is 0 Å². The van der Waals surface area contributed by atoms with Crippen LogP contribution in [-0.4, -0.2) is 27.6 Å². The van der Waals surface area contributed by atoms with Crippen LogP contribution in [0, 0.1) is 6.92 Å². The van der Waals surface area contributed by atoms with Crippen molar-refractivity contribution in [3.05, 3.63) is 53.9 Å². The maximum atomic E-state index is 11.2. The van der Waals surface area contributed by atoms with Crippen molar-refractivity contribution in [1.29, 1.82) is 0 Å². The van der Waals surface area contributed by atoms with E-state index in [9.17, 15) is 9.90 Å². The molecule has 5 heteroatoms. The van der Waals surface area contributed by atoms with Crippen molar-refractivity contribution < 1.29 is 14.6 Å². The molecule has 112 valence electrons. The van der Waals surface area contributed by atoms with Gasteiger partial charge in [-0.3, -0.25) is 4.79 Å². The second-order valence-electron chi connectivity index (χ2n) is 5.14. The highest BCUT2D eigenvalue weighted by Crippen LogP contribution is 2.28. The Labute approximate surface area is 127 Å². The molecular formula is C17H16N2O3. The molecule has 1 aromatic carbocycles. The summed E-state index contributed by atoms with van der Waals surface area (Å²) < 4.78 is 7.07. The molecule has 22 heavy (non-hydrogen) atoms. The molecule has 0 aliphatic heterocycles. The third-order valence-electron chi connectivity index (χ3n) is 3.54. The van der Waals surface area contributed by atoms with Crippen LogP contribution in [0.25, 0.3) is 16.9 Å². The number of nitrogens with zero attached hydrogens (tertiary/aromatic N) is 2. The van der Waals surface area contributed by atoms with Crippen molar-refractivity contribution in [1.82, 2.24) is 9.38 Å². The maximum absolute atomic E-state index is 11.2. The van der Waals surface area contributed by atoms with Gasteiger partial charge in [-0.1, -0.05) is 12.1 Å². The highest BCUT2D eigenvalue weighted by atomic mass is 16.5. The second-order valence-corrected chi connectivity index (χ2v) is 5.14. The molecule has 1 N–H and O–H groups in total. The minimum absolute atomic E-state index is 0.0865. The Bertz CT molecular complexity index is 852. The average Bonchev–Trinajstić information content (AvgIpc) is 2.84. The molecule has 3 rings (SSSR count). The Balaban J connectivity index is 2.24. The molecule has 0 bridgehead atoms. The maximum Gasteiger partial charge on any atom is 0.309 e. The summed E-state index contributed by atoms with van der Waals surface area (Å²) in [6.45, 7) is 1.98. The number of carbonyl (C=O) groups is 1. The summed E-state index contributed by atoms with van der Waals surface area (Å²) in [5.41, 5.74) is 4.00. The Hall–Kier alpha value is -2.82. The first-order chi connectivity index (χ1) is 10.6. The Kier molecular flexibility index (Phi) is 3.55. The van der Waals surface area contributed by atoms with E-state index in [1.807, 2.05) is 53.9 Å². The van der Waals surface area contributed by atoms with Crippen LogP contribution in [0.2, 0.25) is 0 Å². The largest absolute Gasteiger partial charge is 0.497 e. The number of aliphatic carboxylic acids is 1. The molecule has 0 fully saturated rings. The smallest absolute Gasteiger partial charge is 0.309 e. The summed E-state index contributed by atoms with van der Waals surface area (Å²) in [4.78, 5) is 15.8. The number of aromatic nitrogens is 2. The first-order valence-electron chi connectivity index (χ1n) is 6.92. The van der Waals surface area contributed by atoms with Gasteiger partial charge in [0.15, 0.2) is 0 Å². The lowest BCUT2D eigenvalue weighted by molar-refractivity contribution is -0.136. The van der Waals surface area contributed by atoms with Crippen molar-refractivity contribution >= 4 is 11.6 Å². The standard InChI is InChI=1S/C17H16N2O3/c1-11-6-7-19-14(10-16(20)21)17(18-15(19)8-11)12-4-3-5-13(9-12)22-2/h3-9H,10H2,1-2H3,(H,20,21). The molecule has 0 aliphatic rings. The van der Waals surface area contributed by atoms with Crippen LogP contribution in [-0.2, 0) is 11.2 Å². The Morgan fingerprint density at radius 2 is 2.14 bits per heavy atom. The molecule has 2 heterocycles. The van der Waals surface area contributed by atoms with Crippen molar-refractivity contribution in [2.45, 2.75) is 13.3 Å². The predicted octanol–water partition coefficient (Wildman–Crippen LogP) is 2.95. The summed E-state index contributed by atoms with van der Waals surface area (Å²) in [7, 11) is 1.60. The number of aryl methyl sites for hydroxylation is 1. The summed E-state index contributed by atoms with van der Waals surface area (Å²) >= 11 is 0. The number of benzene rings is 1. The zero-order chi connectivity index (χ0) is 15.7. The van der Waals surface area contributed by atoms with Gasteiger partial charge in [0, 0.05) is 11.8 Å². The molecule has 0 unspecified atom stereocenters. The quantitative estimate of drug-likeness (QED) is 0.804. The van der Waals surface area contributed by atoms with Gasteiger partial charge in [0.1, 0.15) is 11.4 Å². The number of hydrogen-bond acceptors (Lipinski definition) is 3. The average molecular weight is 296 g/mol. The van der Waals surface area contributed by atoms with E-state index in [2.05, 4.69) is 4.98 Å². The molecule has 2 aromatic heterocycles. The topological polar surface area (TPSA) is 63.8 Å². The molecular weight excluding hydrogens is 280 g/mol. The van der Waals surface area contributed by atoms with Crippen molar-refractivity contribution in [2.24, 2.45) is 0 Å². The first kappa shape index (κ1) is 14.1. The van der Waals surface area contributed by atoms with E-state index in [-0.39, 0.29) is 6.42 Å². The van der Waals surface area contributed by atoms with Crippen LogP contribution in [0.1, 0.15) is 11.3 Å². The summed E-state index contributed by atoms with van der Waals surface area (Å²) in [6, 6.07) is 11.4. The van der Waals surface area contributed by atoms with Gasteiger partial charge in [0.2, 0.25) is 0 Å². The molecule has 0 spiro atoms. The highest BCUT2D eigenvalue weighted by Gasteiger charge is 2.17. The number of carboxylic acid groups (broad SMARTS) is 1. The van der Waals surface area contributed by atoms with Gasteiger partial charge in [0.05, 0.1) is 24.9 Å². The van der Waals surface area contributed by atoms with E-state index in [4.69, 9.17) is 4.74 Å². The lowest BCUT2D eigenvalue weighted by atomic mass is 10.1. The van der Waals surface area contributed by atoms with Gasteiger partial charge >= 0.3 is 5.97 Å². The lowest BCUT2D eigenvalue weighted by Crippen LogP contribution is -2.04. The SMILES string of the molecule is COc1cccc(-c2nc3cc(C)ccn3c2CC(=O)O)c1. The fourth-order valence-electron chi connectivity index (χ4n) is 2.51. The van der Waals surface area contributed by atoms with Crippen LogP contribution in [0.5, 0.6) is 5.75 Å². The number of ether oxygens (including phenoxy) is 1. The van der Waals surface area contributed by atoms with E-state index in [0.717, 1.165) is 16.8 Å². The molecule has 0 atom stereocenters. The number of rotatable bonds is 4. The molecule has 0 saturated carbocycles. The van der Waals surface area contributed by atoms with E-state index >= 15 is 0 Å². The molecule has 5 nitrogen and oxygen atoms in total. The zero-order valence-electron chi connectivity index (χ0n) is 12.4. The fraction of sp³-hybridized carbons (Fsp3) is 0.176. The number of pyridine rings is 1. The first-order valence-corrected chi connectivity index (χ1v) is 6.92. The molecule has 0 radical (unpaired) electrons. The van der Waals surface area contributed by atoms with Gasteiger partial charge in [-0.05, 0) is 36.8 Å². The van der Waals surface area contributed by atoms with E-state index in [0.29, 0.717) is 17.1 Å². The van der Waals surface area contributed by atoms with Crippen LogP contribution >= 0.6 is 0 Å². The third kappa shape index (κ3) is 2.53. The highest BCUT2D eigenvalue weighted by molar-refractivity contribution is 5.76. The predicted molar refractivity (Wildman–Crippen MR) is 83.3 cm³/mol. The van der Waals surface area contributed by atoms with Crippen LogP contribution in [0.4, 0.5) is 0 Å². The van der Waals surface area contributed by atoms with Crippen molar-refractivity contribution in [3.8, 4) is 17.0 Å². The summed E-state index contributed by atoms with van der Waals surface area (Å²) in [5.74, 6) is -0.168. The lowest BCUT2D eigenvalue weighted by Gasteiger charge is -2.05. The summed E-state index contributed by atoms with van der Waals surface area (Å²) in [6.07, 6.45) is 1.77. The van der Waals surface area contributed by atoms with Gasteiger partial charge in [-0.15, -0.1) is 0 Å². The minimum atomic E-state index is -0.883.